The Morgan fingerprint density at radius 3 is 2.50 bits per heavy atom. The second-order valence-electron chi connectivity index (χ2n) is 4.74. The average Bonchev–Trinajstić information content (AvgIpc) is 2.40. The Kier molecular flexibility index (Phi) is 5.92. The van der Waals surface area contributed by atoms with Gasteiger partial charge in [-0.05, 0) is 12.5 Å². The zero-order chi connectivity index (χ0) is 15.6. The molecule has 7 nitrogen and oxygen atoms in total. The van der Waals surface area contributed by atoms with Crippen molar-refractivity contribution in [3.63, 3.8) is 0 Å². The molecule has 1 aromatic heterocycles. The first kappa shape index (κ1) is 18.0. The molecule has 0 saturated carbocycles. The maximum Gasteiger partial charge on any atom is 0.348 e. The van der Waals surface area contributed by atoms with Crippen LogP contribution >= 0.6 is 17.0 Å². The number of phenolic OH excluding ortho intramolecular Hbond substituents is 2. The van der Waals surface area contributed by atoms with Crippen molar-refractivity contribution in [1.82, 2.24) is 9.55 Å². The maximum atomic E-state index is 12.1. The molecule has 2 aromatic rings. The summed E-state index contributed by atoms with van der Waals surface area (Å²) in [4.78, 5) is 26.7. The van der Waals surface area contributed by atoms with Crippen LogP contribution in [0.5, 0.6) is 11.5 Å². The number of fused-ring (bicyclic) bond motifs is 1. The molecule has 0 aliphatic rings. The Morgan fingerprint density at radius 2 is 1.91 bits per heavy atom. The molecule has 0 atom stereocenters. The van der Waals surface area contributed by atoms with E-state index in [1.807, 2.05) is 6.92 Å². The van der Waals surface area contributed by atoms with Gasteiger partial charge in [-0.15, -0.1) is 17.0 Å². The number of carboxylic acid groups (broad SMARTS) is 1. The second kappa shape index (κ2) is 7.26. The van der Waals surface area contributed by atoms with Gasteiger partial charge in [0, 0.05) is 18.0 Å². The van der Waals surface area contributed by atoms with Crippen molar-refractivity contribution >= 4 is 33.9 Å². The highest BCUT2D eigenvalue weighted by Crippen LogP contribution is 2.31. The van der Waals surface area contributed by atoms with Gasteiger partial charge in [0.1, 0.15) is 0 Å². The summed E-state index contributed by atoms with van der Waals surface area (Å²) in [6.45, 7) is 1.89. The number of carboxylic acids is 1. The number of halogens is 1. The molecule has 0 radical (unpaired) electrons. The third-order valence-corrected chi connectivity index (χ3v) is 3.19. The number of benzene rings is 1. The zero-order valence-electron chi connectivity index (χ0n) is 11.9. The molecule has 0 unspecified atom stereocenters. The molecular formula is C14H17BrN2O5. The topological polar surface area (TPSA) is 113 Å². The molecule has 120 valence electrons. The minimum Gasteiger partial charge on any atom is -0.504 e. The fourth-order valence-electron chi connectivity index (χ4n) is 2.21. The van der Waals surface area contributed by atoms with Crippen molar-refractivity contribution in [2.45, 2.75) is 32.7 Å². The lowest BCUT2D eigenvalue weighted by molar-refractivity contribution is -0.137. The van der Waals surface area contributed by atoms with Crippen molar-refractivity contribution < 1.29 is 20.1 Å². The van der Waals surface area contributed by atoms with Gasteiger partial charge in [-0.25, -0.2) is 4.79 Å². The number of aromatic nitrogens is 2. The summed E-state index contributed by atoms with van der Waals surface area (Å²) < 4.78 is 1.20. The minimum absolute atomic E-state index is 0. The van der Waals surface area contributed by atoms with Crippen molar-refractivity contribution in [3.05, 3.63) is 28.3 Å². The number of nitrogens with zero attached hydrogens (tertiary/aromatic N) is 2. The number of rotatable bonds is 5. The van der Waals surface area contributed by atoms with Gasteiger partial charge in [0.05, 0.1) is 17.6 Å². The molecule has 0 amide bonds. The summed E-state index contributed by atoms with van der Waals surface area (Å²) in [6, 6.07) is 2.61. The van der Waals surface area contributed by atoms with Crippen LogP contribution in [0.1, 0.15) is 25.5 Å². The van der Waals surface area contributed by atoms with Crippen LogP contribution in [-0.2, 0) is 17.8 Å². The van der Waals surface area contributed by atoms with Gasteiger partial charge in [-0.1, -0.05) is 13.3 Å². The Hall–Kier alpha value is -2.09. The fourth-order valence-corrected chi connectivity index (χ4v) is 2.21. The van der Waals surface area contributed by atoms with Crippen LogP contribution in [0.3, 0.4) is 0 Å². The lowest BCUT2D eigenvalue weighted by Crippen LogP contribution is -2.26. The highest BCUT2D eigenvalue weighted by molar-refractivity contribution is 8.93. The highest BCUT2D eigenvalue weighted by atomic mass is 79.9. The molecule has 0 bridgehead atoms. The van der Waals surface area contributed by atoms with E-state index < -0.39 is 11.7 Å². The van der Waals surface area contributed by atoms with E-state index >= 15 is 0 Å². The van der Waals surface area contributed by atoms with E-state index in [0.717, 1.165) is 6.42 Å². The molecule has 3 N–H and O–H groups in total. The van der Waals surface area contributed by atoms with Crippen molar-refractivity contribution in [2.75, 3.05) is 0 Å². The Labute approximate surface area is 136 Å². The van der Waals surface area contributed by atoms with Gasteiger partial charge in [0.2, 0.25) is 0 Å². The largest absolute Gasteiger partial charge is 0.504 e. The third kappa shape index (κ3) is 3.56. The first-order valence-corrected chi connectivity index (χ1v) is 6.61. The van der Waals surface area contributed by atoms with Gasteiger partial charge in [0.15, 0.2) is 11.5 Å². The standard InChI is InChI=1S/C14H16N2O5.BrH/c1-2-3-9-8-6-11(17)12(18)7-10(8)16(14(21)15-9)5-4-13(19)20;/h6-7,17-18H,2-5H2,1H3,(H,19,20);1H. The number of aliphatic carboxylic acids is 1. The van der Waals surface area contributed by atoms with Crippen LogP contribution in [0.15, 0.2) is 16.9 Å². The smallest absolute Gasteiger partial charge is 0.348 e. The van der Waals surface area contributed by atoms with E-state index in [2.05, 4.69) is 4.98 Å². The predicted octanol–water partition coefficient (Wildman–Crippen LogP) is 1.81. The molecule has 22 heavy (non-hydrogen) atoms. The quantitative estimate of drug-likeness (QED) is 0.689. The second-order valence-corrected chi connectivity index (χ2v) is 4.74. The molecule has 2 rings (SSSR count). The zero-order valence-corrected chi connectivity index (χ0v) is 13.7. The number of aryl methyl sites for hydroxylation is 2. The van der Waals surface area contributed by atoms with E-state index in [0.29, 0.717) is 23.0 Å². The first-order chi connectivity index (χ1) is 9.93. The normalized spacial score (nSPS) is 10.4. The summed E-state index contributed by atoms with van der Waals surface area (Å²) in [7, 11) is 0. The first-order valence-electron chi connectivity index (χ1n) is 6.61. The Balaban J connectivity index is 0.00000242. The van der Waals surface area contributed by atoms with Crippen LogP contribution < -0.4 is 5.69 Å². The molecule has 0 spiro atoms. The van der Waals surface area contributed by atoms with Gasteiger partial charge in [0.25, 0.3) is 0 Å². The number of hydrogen-bond donors (Lipinski definition) is 3. The van der Waals surface area contributed by atoms with Crippen LogP contribution in [0, 0.1) is 0 Å². The Morgan fingerprint density at radius 1 is 1.27 bits per heavy atom. The lowest BCUT2D eigenvalue weighted by atomic mass is 10.1. The van der Waals surface area contributed by atoms with E-state index in [1.165, 1.54) is 16.7 Å². The number of aromatic hydroxyl groups is 2. The van der Waals surface area contributed by atoms with Crippen LogP contribution in [-0.4, -0.2) is 30.8 Å². The van der Waals surface area contributed by atoms with Gasteiger partial charge in [-0.3, -0.25) is 9.36 Å². The highest BCUT2D eigenvalue weighted by Gasteiger charge is 2.14. The van der Waals surface area contributed by atoms with Crippen LogP contribution in [0.2, 0.25) is 0 Å². The minimum atomic E-state index is -1.03. The van der Waals surface area contributed by atoms with Gasteiger partial charge >= 0.3 is 11.7 Å². The lowest BCUT2D eigenvalue weighted by Gasteiger charge is -2.12. The molecule has 0 fully saturated rings. The summed E-state index contributed by atoms with van der Waals surface area (Å²) in [5.41, 5.74) is 0.340. The van der Waals surface area contributed by atoms with E-state index in [9.17, 15) is 19.8 Å². The maximum absolute atomic E-state index is 12.1. The van der Waals surface area contributed by atoms with Crippen molar-refractivity contribution in [3.8, 4) is 11.5 Å². The SMILES string of the molecule is Br.CCCc1nc(=O)n(CCC(=O)O)c2cc(O)c(O)cc12. The monoisotopic (exact) mass is 372 g/mol. The van der Waals surface area contributed by atoms with Crippen molar-refractivity contribution in [2.24, 2.45) is 0 Å². The van der Waals surface area contributed by atoms with E-state index in [-0.39, 0.29) is 41.4 Å². The molecule has 0 saturated heterocycles. The third-order valence-electron chi connectivity index (χ3n) is 3.19. The predicted molar refractivity (Wildman–Crippen MR) is 85.9 cm³/mol. The van der Waals surface area contributed by atoms with Crippen LogP contribution in [0.25, 0.3) is 10.9 Å². The number of carbonyl (C=O) groups is 1. The molecule has 8 heteroatoms. The molecular weight excluding hydrogens is 356 g/mol. The molecule has 1 heterocycles. The van der Waals surface area contributed by atoms with Gasteiger partial charge < -0.3 is 15.3 Å². The van der Waals surface area contributed by atoms with Crippen molar-refractivity contribution in [1.29, 1.82) is 0 Å². The molecule has 0 aliphatic carbocycles. The summed E-state index contributed by atoms with van der Waals surface area (Å²) in [6.07, 6.45) is 1.09. The summed E-state index contributed by atoms with van der Waals surface area (Å²) in [5.74, 6) is -1.69. The average molecular weight is 373 g/mol. The van der Waals surface area contributed by atoms with E-state index in [4.69, 9.17) is 5.11 Å². The van der Waals surface area contributed by atoms with E-state index in [1.54, 1.807) is 0 Å². The molecule has 0 aliphatic heterocycles. The number of hydrogen-bond acceptors (Lipinski definition) is 5. The molecule has 1 aromatic carbocycles. The Bertz CT molecular complexity index is 757. The fraction of sp³-hybridized carbons (Fsp3) is 0.357. The van der Waals surface area contributed by atoms with Crippen LogP contribution in [0.4, 0.5) is 0 Å². The van der Waals surface area contributed by atoms with Gasteiger partial charge in [-0.2, -0.15) is 4.98 Å². The summed E-state index contributed by atoms with van der Waals surface area (Å²) >= 11 is 0. The number of phenols is 2. The summed E-state index contributed by atoms with van der Waals surface area (Å²) in [5, 5.41) is 28.5.